The molecule has 0 amide bonds. The summed E-state index contributed by atoms with van der Waals surface area (Å²) >= 11 is 0. The van der Waals surface area contributed by atoms with Gasteiger partial charge in [-0.2, -0.15) is 0 Å². The van der Waals surface area contributed by atoms with Gasteiger partial charge >= 0.3 is 0 Å². The van der Waals surface area contributed by atoms with Crippen LogP contribution in [0, 0.1) is 0 Å². The van der Waals surface area contributed by atoms with Gasteiger partial charge in [-0.05, 0) is 47.1 Å². The molecule has 2 rings (SSSR count). The summed E-state index contributed by atoms with van der Waals surface area (Å²) in [7, 11) is 6.55. The topological polar surface area (TPSA) is 41.4 Å². The first-order valence-corrected chi connectivity index (χ1v) is 8.00. The van der Waals surface area contributed by atoms with Crippen LogP contribution in [0.25, 0.3) is 0 Å². The first kappa shape index (κ1) is 19.7. The number of hydrogen-bond acceptors (Lipinski definition) is 4. The number of halogens is 2. The predicted molar refractivity (Wildman–Crippen MR) is 86.8 cm³/mol. The van der Waals surface area contributed by atoms with Crippen LogP contribution in [0.5, 0.6) is 0 Å². The van der Waals surface area contributed by atoms with Crippen molar-refractivity contribution >= 4 is 6.29 Å². The normalized spacial score (nSPS) is 16.5. The largest absolute Gasteiger partial charge is 0.329 e. The van der Waals surface area contributed by atoms with Crippen molar-refractivity contribution in [1.82, 2.24) is 19.4 Å². The van der Waals surface area contributed by atoms with Gasteiger partial charge in [-0.25, -0.2) is 13.8 Å². The quantitative estimate of drug-likeness (QED) is 0.748. The second kappa shape index (κ2) is 10.4. The lowest BCUT2D eigenvalue weighted by atomic mass is 10.1. The van der Waals surface area contributed by atoms with E-state index in [4.69, 9.17) is 0 Å². The summed E-state index contributed by atoms with van der Waals surface area (Å²) in [5.41, 5.74) is 0. The first-order chi connectivity index (χ1) is 10.9. The molecule has 2 heterocycles. The van der Waals surface area contributed by atoms with E-state index in [1.165, 1.54) is 42.9 Å². The molecule has 0 spiro atoms. The second-order valence-electron chi connectivity index (χ2n) is 6.09. The van der Waals surface area contributed by atoms with Crippen molar-refractivity contribution in [2.45, 2.75) is 44.7 Å². The van der Waals surface area contributed by atoms with Crippen LogP contribution < -0.4 is 0 Å². The summed E-state index contributed by atoms with van der Waals surface area (Å²) < 4.78 is 25.3. The highest BCUT2D eigenvalue weighted by Crippen LogP contribution is 2.11. The van der Waals surface area contributed by atoms with Crippen LogP contribution in [0.15, 0.2) is 12.4 Å². The average molecular weight is 330 g/mol. The third-order valence-electron chi connectivity index (χ3n) is 4.04. The maximum absolute atomic E-state index is 12.0. The molecule has 7 heteroatoms. The van der Waals surface area contributed by atoms with Crippen LogP contribution in [0.2, 0.25) is 0 Å². The Morgan fingerprint density at radius 1 is 1.39 bits per heavy atom. The van der Waals surface area contributed by atoms with E-state index >= 15 is 0 Å². The number of alkyl halides is 2. The minimum atomic E-state index is -2.39. The van der Waals surface area contributed by atoms with Gasteiger partial charge in [-0.3, -0.25) is 0 Å². The lowest BCUT2D eigenvalue weighted by Crippen LogP contribution is -2.40. The van der Waals surface area contributed by atoms with Gasteiger partial charge in [0.2, 0.25) is 0 Å². The zero-order valence-corrected chi connectivity index (χ0v) is 14.3. The zero-order valence-electron chi connectivity index (χ0n) is 14.3. The summed E-state index contributed by atoms with van der Waals surface area (Å²) in [6, 6.07) is 0.830. The Labute approximate surface area is 137 Å². The van der Waals surface area contributed by atoms with E-state index in [9.17, 15) is 13.6 Å². The van der Waals surface area contributed by atoms with Crippen LogP contribution >= 0.6 is 0 Å². The van der Waals surface area contributed by atoms with E-state index in [0.29, 0.717) is 18.7 Å². The van der Waals surface area contributed by atoms with Crippen molar-refractivity contribution in [3.05, 3.63) is 18.2 Å². The molecule has 1 aliphatic rings. The monoisotopic (exact) mass is 330 g/mol. The fraction of sp³-hybridized carbons (Fsp3) is 0.750. The van der Waals surface area contributed by atoms with Gasteiger partial charge in [0.15, 0.2) is 0 Å². The molecule has 0 aliphatic carbocycles. The van der Waals surface area contributed by atoms with Crippen molar-refractivity contribution in [3.63, 3.8) is 0 Å². The van der Waals surface area contributed by atoms with Crippen LogP contribution in [0.1, 0.15) is 25.1 Å². The molecule has 1 aromatic heterocycles. The molecule has 1 aromatic rings. The fourth-order valence-corrected chi connectivity index (χ4v) is 2.58. The summed E-state index contributed by atoms with van der Waals surface area (Å²) in [5, 5.41) is 0. The van der Waals surface area contributed by atoms with Crippen LogP contribution in [-0.2, 0) is 17.8 Å². The van der Waals surface area contributed by atoms with Crippen molar-refractivity contribution in [1.29, 1.82) is 0 Å². The Balaban J connectivity index is 0.000000238. The molecule has 0 aromatic carbocycles. The molecule has 1 saturated heterocycles. The van der Waals surface area contributed by atoms with E-state index in [1.807, 2.05) is 0 Å². The lowest BCUT2D eigenvalue weighted by molar-refractivity contribution is -0.107. The minimum absolute atomic E-state index is 0.320. The standard InChI is InChI=1S/C8H10F2N2O.C8H18N2/c9-7(10)6-12-4-3-11-8(12)2-1-5-13;1-9(2)8-4-6-10(3)7-5-8/h3-5,7H,1-2,6H2;8H,4-7H2,1-3H3. The average Bonchev–Trinajstić information content (AvgIpc) is 2.92. The van der Waals surface area contributed by atoms with Crippen molar-refractivity contribution in [3.8, 4) is 0 Å². The number of nitrogens with zero attached hydrogens (tertiary/aromatic N) is 4. The molecule has 0 unspecified atom stereocenters. The second-order valence-corrected chi connectivity index (χ2v) is 6.09. The number of carbonyl (C=O) groups excluding carboxylic acids is 1. The molecule has 23 heavy (non-hydrogen) atoms. The maximum Gasteiger partial charge on any atom is 0.256 e. The molecular weight excluding hydrogens is 302 g/mol. The van der Waals surface area contributed by atoms with Gasteiger partial charge in [0.05, 0.1) is 6.54 Å². The molecule has 0 saturated carbocycles. The van der Waals surface area contributed by atoms with Gasteiger partial charge < -0.3 is 19.2 Å². The Bertz CT molecular complexity index is 443. The molecular formula is C16H28F2N4O. The molecule has 0 bridgehead atoms. The van der Waals surface area contributed by atoms with Gasteiger partial charge in [-0.1, -0.05) is 0 Å². The molecule has 132 valence electrons. The Hall–Kier alpha value is -1.34. The smallest absolute Gasteiger partial charge is 0.256 e. The third-order valence-corrected chi connectivity index (χ3v) is 4.04. The van der Waals surface area contributed by atoms with Crippen molar-refractivity contribution in [2.75, 3.05) is 34.2 Å². The number of aromatic nitrogens is 2. The molecule has 0 atom stereocenters. The van der Waals surface area contributed by atoms with E-state index < -0.39 is 6.43 Å². The van der Waals surface area contributed by atoms with Crippen LogP contribution in [-0.4, -0.2) is 72.3 Å². The number of aryl methyl sites for hydroxylation is 1. The number of hydrogen-bond donors (Lipinski definition) is 0. The summed E-state index contributed by atoms with van der Waals surface area (Å²) in [6.07, 6.45) is 4.73. The molecule has 1 aliphatic heterocycles. The highest BCUT2D eigenvalue weighted by Gasteiger charge is 2.17. The molecule has 0 N–H and O–H groups in total. The van der Waals surface area contributed by atoms with Crippen LogP contribution in [0.4, 0.5) is 8.78 Å². The minimum Gasteiger partial charge on any atom is -0.329 e. The molecule has 5 nitrogen and oxygen atoms in total. The highest BCUT2D eigenvalue weighted by atomic mass is 19.3. The number of piperidine rings is 1. The zero-order chi connectivity index (χ0) is 17.2. The van der Waals surface area contributed by atoms with Gasteiger partial charge in [0.25, 0.3) is 6.43 Å². The number of aldehydes is 1. The lowest BCUT2D eigenvalue weighted by Gasteiger charge is -2.32. The number of rotatable bonds is 6. The summed E-state index contributed by atoms with van der Waals surface area (Å²) in [4.78, 5) is 18.7. The Morgan fingerprint density at radius 2 is 2.04 bits per heavy atom. The van der Waals surface area contributed by atoms with E-state index in [2.05, 4.69) is 35.9 Å². The van der Waals surface area contributed by atoms with Gasteiger partial charge in [0, 0.05) is 31.3 Å². The van der Waals surface area contributed by atoms with Crippen molar-refractivity contribution in [2.24, 2.45) is 0 Å². The Kier molecular flexibility index (Phi) is 8.94. The molecule has 0 radical (unpaired) electrons. The fourth-order valence-electron chi connectivity index (χ4n) is 2.58. The molecule has 1 fully saturated rings. The van der Waals surface area contributed by atoms with E-state index in [-0.39, 0.29) is 6.54 Å². The predicted octanol–water partition coefficient (Wildman–Crippen LogP) is 1.92. The SMILES string of the molecule is CN1CCC(N(C)C)CC1.O=CCCc1nccn1CC(F)F. The van der Waals surface area contributed by atoms with E-state index in [0.717, 1.165) is 12.3 Å². The Morgan fingerprint density at radius 3 is 2.57 bits per heavy atom. The van der Waals surface area contributed by atoms with Crippen molar-refractivity contribution < 1.29 is 13.6 Å². The number of likely N-dealkylation sites (tertiary alicyclic amines) is 1. The summed E-state index contributed by atoms with van der Waals surface area (Å²) in [6.45, 7) is 2.18. The maximum atomic E-state index is 12.0. The number of imidazole rings is 1. The summed E-state index contributed by atoms with van der Waals surface area (Å²) in [5.74, 6) is 0.535. The van der Waals surface area contributed by atoms with Gasteiger partial charge in [0.1, 0.15) is 12.1 Å². The first-order valence-electron chi connectivity index (χ1n) is 8.00. The third kappa shape index (κ3) is 7.65. The van der Waals surface area contributed by atoms with Gasteiger partial charge in [-0.15, -0.1) is 0 Å². The van der Waals surface area contributed by atoms with E-state index in [1.54, 1.807) is 0 Å². The number of carbonyl (C=O) groups is 1. The highest BCUT2D eigenvalue weighted by molar-refractivity contribution is 5.49. The van der Waals surface area contributed by atoms with Crippen LogP contribution in [0.3, 0.4) is 0 Å².